The summed E-state index contributed by atoms with van der Waals surface area (Å²) >= 11 is 0. The van der Waals surface area contributed by atoms with Crippen LogP contribution in [0.3, 0.4) is 0 Å². The van der Waals surface area contributed by atoms with Gasteiger partial charge in [-0.1, -0.05) is 6.07 Å². The summed E-state index contributed by atoms with van der Waals surface area (Å²) in [5.41, 5.74) is 0.556. The van der Waals surface area contributed by atoms with Gasteiger partial charge >= 0.3 is 6.03 Å². The van der Waals surface area contributed by atoms with Crippen molar-refractivity contribution >= 4 is 17.6 Å². The molecule has 7 heteroatoms. The lowest BCUT2D eigenvalue weighted by molar-refractivity contribution is -0.124. The van der Waals surface area contributed by atoms with Crippen LogP contribution in [0.5, 0.6) is 11.5 Å². The van der Waals surface area contributed by atoms with Crippen LogP contribution in [0.25, 0.3) is 0 Å². The predicted molar refractivity (Wildman–Crippen MR) is 91.1 cm³/mol. The van der Waals surface area contributed by atoms with E-state index in [9.17, 15) is 14.0 Å². The Labute approximate surface area is 144 Å². The molecule has 0 saturated carbocycles. The lowest BCUT2D eigenvalue weighted by atomic mass is 10.1. The van der Waals surface area contributed by atoms with Gasteiger partial charge in [-0.05, 0) is 49.2 Å². The summed E-state index contributed by atoms with van der Waals surface area (Å²) in [5, 5.41) is 8.02. The highest BCUT2D eigenvalue weighted by Gasteiger charge is 2.23. The zero-order chi connectivity index (χ0) is 17.6. The molecule has 0 unspecified atom stereocenters. The quantitative estimate of drug-likeness (QED) is 0.798. The molecule has 3 amide bonds. The molecule has 1 fully saturated rings. The van der Waals surface area contributed by atoms with Gasteiger partial charge in [0.25, 0.3) is 0 Å². The summed E-state index contributed by atoms with van der Waals surface area (Å²) in [5.74, 6) is 0.365. The van der Waals surface area contributed by atoms with Gasteiger partial charge in [0.2, 0.25) is 5.91 Å². The van der Waals surface area contributed by atoms with Crippen molar-refractivity contribution in [1.82, 2.24) is 10.6 Å². The second-order valence-electron chi connectivity index (χ2n) is 5.67. The van der Waals surface area contributed by atoms with Gasteiger partial charge in [-0.3, -0.25) is 4.79 Å². The maximum atomic E-state index is 13.1. The Morgan fingerprint density at radius 1 is 1.16 bits per heavy atom. The normalized spacial score (nSPS) is 16.7. The Morgan fingerprint density at radius 3 is 2.68 bits per heavy atom. The van der Waals surface area contributed by atoms with Crippen LogP contribution in [0.1, 0.15) is 12.8 Å². The first-order chi connectivity index (χ1) is 12.1. The Morgan fingerprint density at radius 2 is 1.96 bits per heavy atom. The van der Waals surface area contributed by atoms with E-state index in [1.807, 2.05) is 0 Å². The third kappa shape index (κ3) is 4.69. The molecule has 1 aliphatic rings. The van der Waals surface area contributed by atoms with Crippen LogP contribution < -0.4 is 20.7 Å². The molecule has 130 valence electrons. The maximum Gasteiger partial charge on any atom is 0.319 e. The van der Waals surface area contributed by atoms with Crippen LogP contribution in [-0.2, 0) is 4.79 Å². The first-order valence-electron chi connectivity index (χ1n) is 7.99. The van der Waals surface area contributed by atoms with Crippen molar-refractivity contribution in [2.75, 3.05) is 11.9 Å². The SMILES string of the molecule is O=C(Nc1ccc(Oc2cccc(F)c2)cc1)N[C@H]1CCCNC1=O. The molecule has 0 radical (unpaired) electrons. The summed E-state index contributed by atoms with van der Waals surface area (Å²) in [7, 11) is 0. The molecule has 2 aromatic rings. The number of nitrogens with one attached hydrogen (secondary N) is 3. The van der Waals surface area contributed by atoms with Gasteiger partial charge < -0.3 is 20.7 Å². The fraction of sp³-hybridized carbons (Fsp3) is 0.222. The van der Waals surface area contributed by atoms with Crippen LogP contribution in [0, 0.1) is 5.82 Å². The van der Waals surface area contributed by atoms with Crippen LogP contribution in [-0.4, -0.2) is 24.5 Å². The average Bonchev–Trinajstić information content (AvgIpc) is 2.59. The van der Waals surface area contributed by atoms with Crippen molar-refractivity contribution in [2.45, 2.75) is 18.9 Å². The largest absolute Gasteiger partial charge is 0.457 e. The van der Waals surface area contributed by atoms with Crippen molar-refractivity contribution in [3.05, 3.63) is 54.3 Å². The summed E-state index contributed by atoms with van der Waals surface area (Å²) in [6.07, 6.45) is 1.46. The van der Waals surface area contributed by atoms with Gasteiger partial charge in [0.1, 0.15) is 23.4 Å². The monoisotopic (exact) mass is 343 g/mol. The van der Waals surface area contributed by atoms with Crippen molar-refractivity contribution in [2.24, 2.45) is 0 Å². The van der Waals surface area contributed by atoms with Crippen molar-refractivity contribution < 1.29 is 18.7 Å². The molecule has 25 heavy (non-hydrogen) atoms. The minimum Gasteiger partial charge on any atom is -0.457 e. The number of amides is 3. The molecule has 1 aliphatic heterocycles. The fourth-order valence-corrected chi connectivity index (χ4v) is 2.51. The molecule has 6 nitrogen and oxygen atoms in total. The molecular formula is C18H18FN3O3. The highest BCUT2D eigenvalue weighted by atomic mass is 19.1. The van der Waals surface area contributed by atoms with E-state index in [1.54, 1.807) is 36.4 Å². The van der Waals surface area contributed by atoms with E-state index < -0.39 is 12.1 Å². The van der Waals surface area contributed by atoms with Crippen LogP contribution >= 0.6 is 0 Å². The number of hydrogen-bond donors (Lipinski definition) is 3. The molecule has 3 N–H and O–H groups in total. The topological polar surface area (TPSA) is 79.5 Å². The van der Waals surface area contributed by atoms with Gasteiger partial charge in [-0.25, -0.2) is 9.18 Å². The third-order valence-electron chi connectivity index (χ3n) is 3.73. The molecule has 0 spiro atoms. The molecule has 0 aliphatic carbocycles. The molecule has 1 atom stereocenters. The lowest BCUT2D eigenvalue weighted by Gasteiger charge is -2.22. The number of hydrogen-bond acceptors (Lipinski definition) is 3. The number of benzene rings is 2. The van der Waals surface area contributed by atoms with E-state index in [1.165, 1.54) is 12.1 Å². The van der Waals surface area contributed by atoms with Gasteiger partial charge in [0.05, 0.1) is 0 Å². The van der Waals surface area contributed by atoms with Crippen LogP contribution in [0.15, 0.2) is 48.5 Å². The highest BCUT2D eigenvalue weighted by molar-refractivity contribution is 5.93. The van der Waals surface area contributed by atoms with E-state index >= 15 is 0 Å². The number of urea groups is 1. The summed E-state index contributed by atoms with van der Waals surface area (Å²) < 4.78 is 18.7. The highest BCUT2D eigenvalue weighted by Crippen LogP contribution is 2.23. The number of anilines is 1. The molecule has 0 bridgehead atoms. The van der Waals surface area contributed by atoms with Crippen LogP contribution in [0.2, 0.25) is 0 Å². The average molecular weight is 343 g/mol. The number of carbonyl (C=O) groups is 2. The van der Waals surface area contributed by atoms with Gasteiger partial charge in [0.15, 0.2) is 0 Å². The van der Waals surface area contributed by atoms with Crippen molar-refractivity contribution in [3.63, 3.8) is 0 Å². The van der Waals surface area contributed by atoms with E-state index in [4.69, 9.17) is 4.74 Å². The molecule has 3 rings (SSSR count). The standard InChI is InChI=1S/C18H18FN3O3/c19-12-3-1-4-15(11-12)25-14-8-6-13(7-9-14)21-18(24)22-16-5-2-10-20-17(16)23/h1,3-4,6-9,11,16H,2,5,10H2,(H,20,23)(H2,21,22,24)/t16-/m0/s1. The molecule has 0 aromatic heterocycles. The fourth-order valence-electron chi connectivity index (χ4n) is 2.51. The molecule has 1 heterocycles. The number of carbonyl (C=O) groups excluding carboxylic acids is 2. The molecular weight excluding hydrogens is 325 g/mol. The predicted octanol–water partition coefficient (Wildman–Crippen LogP) is 3.02. The first-order valence-corrected chi connectivity index (χ1v) is 7.99. The lowest BCUT2D eigenvalue weighted by Crippen LogP contribution is -2.51. The van der Waals surface area contributed by atoms with E-state index in [-0.39, 0.29) is 11.7 Å². The van der Waals surface area contributed by atoms with Gasteiger partial charge in [-0.2, -0.15) is 0 Å². The Kier molecular flexibility index (Phi) is 5.13. The van der Waals surface area contributed by atoms with Gasteiger partial charge in [0, 0.05) is 18.3 Å². The van der Waals surface area contributed by atoms with Crippen LogP contribution in [0.4, 0.5) is 14.9 Å². The summed E-state index contributed by atoms with van der Waals surface area (Å²) in [6.45, 7) is 0.644. The van der Waals surface area contributed by atoms with Gasteiger partial charge in [-0.15, -0.1) is 0 Å². The zero-order valence-corrected chi connectivity index (χ0v) is 13.4. The number of piperidine rings is 1. The molecule has 1 saturated heterocycles. The smallest absolute Gasteiger partial charge is 0.319 e. The van der Waals surface area contributed by atoms with E-state index in [0.717, 1.165) is 6.42 Å². The maximum absolute atomic E-state index is 13.1. The van der Waals surface area contributed by atoms with Crippen molar-refractivity contribution in [3.8, 4) is 11.5 Å². The Balaban J connectivity index is 1.55. The summed E-state index contributed by atoms with van der Waals surface area (Å²) in [4.78, 5) is 23.6. The van der Waals surface area contributed by atoms with Crippen molar-refractivity contribution in [1.29, 1.82) is 0 Å². The Bertz CT molecular complexity index is 764. The zero-order valence-electron chi connectivity index (χ0n) is 13.4. The summed E-state index contributed by atoms with van der Waals surface area (Å²) in [6, 6.07) is 11.5. The number of halogens is 1. The first kappa shape index (κ1) is 16.8. The minimum absolute atomic E-state index is 0.166. The van der Waals surface area contributed by atoms with E-state index in [0.29, 0.717) is 30.2 Å². The number of ether oxygens (including phenoxy) is 1. The van der Waals surface area contributed by atoms with E-state index in [2.05, 4.69) is 16.0 Å². The minimum atomic E-state index is -0.510. The third-order valence-corrected chi connectivity index (χ3v) is 3.73. The molecule has 2 aromatic carbocycles. The number of rotatable bonds is 4. The second-order valence-corrected chi connectivity index (χ2v) is 5.67. The second kappa shape index (κ2) is 7.65. The Hall–Kier alpha value is -3.09.